The highest BCUT2D eigenvalue weighted by atomic mass is 35.5. The van der Waals surface area contributed by atoms with Gasteiger partial charge in [0.05, 0.1) is 11.4 Å². The molecule has 1 atom stereocenters. The molecule has 1 rings (SSSR count). The molecule has 0 aliphatic heterocycles. The van der Waals surface area contributed by atoms with Gasteiger partial charge in [-0.05, 0) is 18.2 Å². The number of hydrogen-bond donors (Lipinski definition) is 1. The van der Waals surface area contributed by atoms with Crippen LogP contribution in [0.5, 0.6) is 0 Å². The molecule has 0 saturated carbocycles. The number of Topliss-reactive ketones (excluding diaryl/α,β-unsaturated/α-hetero) is 1. The summed E-state index contributed by atoms with van der Waals surface area (Å²) in [5, 5.41) is 8.40. The van der Waals surface area contributed by atoms with Gasteiger partial charge < -0.3 is 5.11 Å². The van der Waals surface area contributed by atoms with Crippen LogP contribution in [-0.4, -0.2) is 16.9 Å². The quantitative estimate of drug-likeness (QED) is 0.829. The lowest BCUT2D eigenvalue weighted by Crippen LogP contribution is -2.15. The van der Waals surface area contributed by atoms with E-state index in [9.17, 15) is 14.0 Å². The van der Waals surface area contributed by atoms with Gasteiger partial charge in [-0.2, -0.15) is 0 Å². The number of hydrogen-bond acceptors (Lipinski definition) is 2. The number of carbonyl (C=O) groups excluding carboxylic acids is 1. The molecule has 1 aromatic carbocycles. The van der Waals surface area contributed by atoms with Crippen LogP contribution in [0.15, 0.2) is 18.2 Å². The highest BCUT2D eigenvalue weighted by Crippen LogP contribution is 2.19. The summed E-state index contributed by atoms with van der Waals surface area (Å²) in [6, 6.07) is 3.59. The molecule has 0 aliphatic carbocycles. The van der Waals surface area contributed by atoms with Gasteiger partial charge in [0.25, 0.3) is 0 Å². The van der Waals surface area contributed by atoms with Crippen molar-refractivity contribution in [2.45, 2.75) is 13.3 Å². The van der Waals surface area contributed by atoms with Crippen LogP contribution in [0, 0.1) is 11.7 Å². The van der Waals surface area contributed by atoms with Gasteiger partial charge in [0, 0.05) is 11.5 Å². The fourth-order valence-corrected chi connectivity index (χ4v) is 1.47. The minimum Gasteiger partial charge on any atom is -0.481 e. The van der Waals surface area contributed by atoms with Gasteiger partial charge in [-0.3, -0.25) is 9.59 Å². The molecule has 0 heterocycles. The Hall–Kier alpha value is -1.42. The molecule has 16 heavy (non-hydrogen) atoms. The van der Waals surface area contributed by atoms with Gasteiger partial charge in [-0.1, -0.05) is 18.5 Å². The monoisotopic (exact) mass is 244 g/mol. The molecule has 0 fully saturated rings. The maximum absolute atomic E-state index is 12.8. The Morgan fingerprint density at radius 3 is 2.62 bits per heavy atom. The van der Waals surface area contributed by atoms with Crippen molar-refractivity contribution in [1.82, 2.24) is 0 Å². The minimum absolute atomic E-state index is 0.145. The predicted octanol–water partition coefficient (Wildman–Crippen LogP) is 2.77. The molecule has 0 aliphatic rings. The van der Waals surface area contributed by atoms with Crippen molar-refractivity contribution in [3.63, 3.8) is 0 Å². The van der Waals surface area contributed by atoms with Crippen LogP contribution in [0.4, 0.5) is 4.39 Å². The van der Waals surface area contributed by atoms with Gasteiger partial charge in [-0.25, -0.2) is 4.39 Å². The highest BCUT2D eigenvalue weighted by molar-refractivity contribution is 6.31. The minimum atomic E-state index is -1.05. The van der Waals surface area contributed by atoms with Crippen molar-refractivity contribution in [2.75, 3.05) is 0 Å². The van der Waals surface area contributed by atoms with Crippen LogP contribution >= 0.6 is 11.6 Å². The number of carboxylic acids is 1. The summed E-state index contributed by atoms with van der Waals surface area (Å²) >= 11 is 5.52. The number of ketones is 1. The summed E-state index contributed by atoms with van der Waals surface area (Å²) in [7, 11) is 0. The zero-order valence-electron chi connectivity index (χ0n) is 8.54. The first-order valence-corrected chi connectivity index (χ1v) is 5.00. The normalized spacial score (nSPS) is 12.2. The van der Waals surface area contributed by atoms with E-state index in [0.29, 0.717) is 0 Å². The van der Waals surface area contributed by atoms with E-state index in [1.165, 1.54) is 19.1 Å². The lowest BCUT2D eigenvalue weighted by molar-refractivity contribution is -0.137. The Bertz CT molecular complexity index is 431. The topological polar surface area (TPSA) is 54.4 Å². The van der Waals surface area contributed by atoms with Crippen molar-refractivity contribution < 1.29 is 19.1 Å². The molecule has 0 radical (unpaired) electrons. The number of carbonyl (C=O) groups is 2. The molecular formula is C11H10ClFO3. The third kappa shape index (κ3) is 3.03. The van der Waals surface area contributed by atoms with E-state index in [4.69, 9.17) is 16.7 Å². The largest absolute Gasteiger partial charge is 0.481 e. The molecule has 0 saturated heterocycles. The molecule has 3 nitrogen and oxygen atoms in total. The second-order valence-electron chi connectivity index (χ2n) is 3.49. The van der Waals surface area contributed by atoms with Crippen LogP contribution in [0.1, 0.15) is 23.7 Å². The van der Waals surface area contributed by atoms with Gasteiger partial charge >= 0.3 is 5.97 Å². The Kier molecular flexibility index (Phi) is 4.01. The summed E-state index contributed by atoms with van der Waals surface area (Å²) in [4.78, 5) is 22.1. The summed E-state index contributed by atoms with van der Waals surface area (Å²) in [5.41, 5.74) is 0.222. The van der Waals surface area contributed by atoms with Crippen molar-refractivity contribution in [3.8, 4) is 0 Å². The molecule has 1 N–H and O–H groups in total. The summed E-state index contributed by atoms with van der Waals surface area (Å²) in [6.45, 7) is 1.51. The molecular weight excluding hydrogens is 235 g/mol. The molecule has 1 unspecified atom stereocenters. The van der Waals surface area contributed by atoms with Gasteiger partial charge in [0.15, 0.2) is 5.78 Å². The third-order valence-corrected chi connectivity index (χ3v) is 2.42. The maximum atomic E-state index is 12.8. The third-order valence-electron chi connectivity index (χ3n) is 2.13. The zero-order valence-corrected chi connectivity index (χ0v) is 9.29. The number of carboxylic acid groups (broad SMARTS) is 1. The Morgan fingerprint density at radius 2 is 2.12 bits per heavy atom. The summed E-state index contributed by atoms with van der Waals surface area (Å²) < 4.78 is 12.8. The van der Waals surface area contributed by atoms with Crippen LogP contribution < -0.4 is 0 Å². The maximum Gasteiger partial charge on any atom is 0.304 e. The van der Waals surface area contributed by atoms with Crippen LogP contribution in [0.2, 0.25) is 5.02 Å². The first-order valence-electron chi connectivity index (χ1n) is 4.63. The zero-order chi connectivity index (χ0) is 12.3. The van der Waals surface area contributed by atoms with Gasteiger partial charge in [0.2, 0.25) is 0 Å². The SMILES string of the molecule is CC(CC(=O)O)C(=O)c1ccc(F)c(Cl)c1. The summed E-state index contributed by atoms with van der Waals surface area (Å²) in [5.74, 6) is -2.67. The molecule has 0 spiro atoms. The standard InChI is InChI=1S/C11H10ClFO3/c1-6(4-10(14)15)11(16)7-2-3-9(13)8(12)5-7/h2-3,5-6H,4H2,1H3,(H,14,15). The smallest absolute Gasteiger partial charge is 0.304 e. The number of aliphatic carboxylic acids is 1. The van der Waals surface area contributed by atoms with Gasteiger partial charge in [-0.15, -0.1) is 0 Å². The number of benzene rings is 1. The molecule has 5 heteroatoms. The van der Waals surface area contributed by atoms with Crippen molar-refractivity contribution in [1.29, 1.82) is 0 Å². The van der Waals surface area contributed by atoms with Crippen molar-refractivity contribution in [3.05, 3.63) is 34.6 Å². The Morgan fingerprint density at radius 1 is 1.50 bits per heavy atom. The van der Waals surface area contributed by atoms with E-state index in [-0.39, 0.29) is 22.8 Å². The average Bonchev–Trinajstić information content (AvgIpc) is 2.20. The summed E-state index contributed by atoms with van der Waals surface area (Å²) in [6.07, 6.45) is -0.256. The first kappa shape index (κ1) is 12.6. The van der Waals surface area contributed by atoms with Crippen LogP contribution in [0.3, 0.4) is 0 Å². The fraction of sp³-hybridized carbons (Fsp3) is 0.273. The van der Waals surface area contributed by atoms with Crippen molar-refractivity contribution in [2.24, 2.45) is 5.92 Å². The van der Waals surface area contributed by atoms with E-state index in [0.717, 1.165) is 6.07 Å². The van der Waals surface area contributed by atoms with E-state index in [2.05, 4.69) is 0 Å². The lowest BCUT2D eigenvalue weighted by atomic mass is 9.96. The van der Waals surface area contributed by atoms with E-state index in [1.54, 1.807) is 0 Å². The van der Waals surface area contributed by atoms with E-state index in [1.807, 2.05) is 0 Å². The second-order valence-corrected chi connectivity index (χ2v) is 3.90. The average molecular weight is 245 g/mol. The Balaban J connectivity index is 2.88. The molecule has 86 valence electrons. The van der Waals surface area contributed by atoms with Gasteiger partial charge in [0.1, 0.15) is 5.82 Å². The predicted molar refractivity (Wildman–Crippen MR) is 57.2 cm³/mol. The molecule has 1 aromatic rings. The number of halogens is 2. The lowest BCUT2D eigenvalue weighted by Gasteiger charge is -2.07. The molecule has 0 bridgehead atoms. The second kappa shape index (κ2) is 5.07. The van der Waals surface area contributed by atoms with Crippen LogP contribution in [-0.2, 0) is 4.79 Å². The van der Waals surface area contributed by atoms with Crippen molar-refractivity contribution >= 4 is 23.4 Å². The van der Waals surface area contributed by atoms with E-state index < -0.39 is 17.7 Å². The molecule has 0 aromatic heterocycles. The first-order chi connectivity index (χ1) is 7.41. The number of rotatable bonds is 4. The highest BCUT2D eigenvalue weighted by Gasteiger charge is 2.18. The fourth-order valence-electron chi connectivity index (χ4n) is 1.29. The van der Waals surface area contributed by atoms with E-state index >= 15 is 0 Å². The molecule has 0 amide bonds. The van der Waals surface area contributed by atoms with Crippen LogP contribution in [0.25, 0.3) is 0 Å². The Labute approximate surface area is 96.8 Å².